The summed E-state index contributed by atoms with van der Waals surface area (Å²) in [5, 5.41) is 10.1. The van der Waals surface area contributed by atoms with Gasteiger partial charge < -0.3 is 0 Å². The second kappa shape index (κ2) is 3.66. The second-order valence-corrected chi connectivity index (χ2v) is 2.55. The summed E-state index contributed by atoms with van der Waals surface area (Å²) >= 11 is 5.26. The van der Waals surface area contributed by atoms with Crippen LogP contribution in [0.15, 0.2) is 12.1 Å². The zero-order valence-corrected chi connectivity index (χ0v) is 7.02. The van der Waals surface area contributed by atoms with E-state index < -0.39 is 22.2 Å². The maximum Gasteiger partial charge on any atom is 0.307 e. The van der Waals surface area contributed by atoms with Crippen LogP contribution >= 0.6 is 11.6 Å². The van der Waals surface area contributed by atoms with Crippen molar-refractivity contribution in [3.63, 3.8) is 0 Å². The van der Waals surface area contributed by atoms with Crippen LogP contribution in [0.2, 0.25) is 0 Å². The molecular formula is C7H4ClF2NO2. The van der Waals surface area contributed by atoms with E-state index in [1.165, 1.54) is 0 Å². The van der Waals surface area contributed by atoms with Gasteiger partial charge in [0.1, 0.15) is 5.82 Å². The zero-order valence-electron chi connectivity index (χ0n) is 6.26. The van der Waals surface area contributed by atoms with Gasteiger partial charge in [-0.25, -0.2) is 4.39 Å². The summed E-state index contributed by atoms with van der Waals surface area (Å²) in [7, 11) is 0. The predicted molar refractivity (Wildman–Crippen MR) is 42.6 cm³/mol. The molecule has 0 aliphatic heterocycles. The lowest BCUT2D eigenvalue weighted by Gasteiger charge is -1.98. The van der Waals surface area contributed by atoms with E-state index in [-0.39, 0.29) is 11.4 Å². The smallest absolute Gasteiger partial charge is 0.258 e. The summed E-state index contributed by atoms with van der Waals surface area (Å²) in [6, 6.07) is 1.24. The van der Waals surface area contributed by atoms with Gasteiger partial charge in [0.25, 0.3) is 0 Å². The Balaban J connectivity index is 3.28. The van der Waals surface area contributed by atoms with Crippen LogP contribution in [0.5, 0.6) is 0 Å². The third kappa shape index (κ3) is 1.92. The Labute approximate surface area is 77.1 Å². The van der Waals surface area contributed by atoms with Crippen molar-refractivity contribution in [3.05, 3.63) is 39.4 Å². The van der Waals surface area contributed by atoms with Crippen molar-refractivity contribution >= 4 is 17.3 Å². The standard InChI is InChI=1S/C7H4ClF2NO2/c8-3-4-1-6(10)7(11(12)13)2-5(4)9/h1-2H,3H2. The van der Waals surface area contributed by atoms with E-state index in [0.29, 0.717) is 6.07 Å². The number of halogens is 3. The van der Waals surface area contributed by atoms with Crippen LogP contribution in [0, 0.1) is 21.7 Å². The number of benzene rings is 1. The van der Waals surface area contributed by atoms with Crippen molar-refractivity contribution in [2.24, 2.45) is 0 Å². The number of alkyl halides is 1. The highest BCUT2D eigenvalue weighted by molar-refractivity contribution is 6.17. The SMILES string of the molecule is O=[N+]([O-])c1cc(F)c(CCl)cc1F. The summed E-state index contributed by atoms with van der Waals surface area (Å²) in [6.45, 7) is 0. The summed E-state index contributed by atoms with van der Waals surface area (Å²) in [6.07, 6.45) is 0. The van der Waals surface area contributed by atoms with E-state index in [0.717, 1.165) is 6.07 Å². The van der Waals surface area contributed by atoms with E-state index in [1.807, 2.05) is 0 Å². The van der Waals surface area contributed by atoms with Crippen molar-refractivity contribution in [1.82, 2.24) is 0 Å². The summed E-state index contributed by atoms with van der Waals surface area (Å²) in [5.41, 5.74) is -0.976. The number of nitrogens with zero attached hydrogens (tertiary/aromatic N) is 1. The van der Waals surface area contributed by atoms with Crippen molar-refractivity contribution in [1.29, 1.82) is 0 Å². The van der Waals surface area contributed by atoms with Crippen molar-refractivity contribution in [3.8, 4) is 0 Å². The maximum absolute atomic E-state index is 12.8. The summed E-state index contributed by atoms with van der Waals surface area (Å²) < 4.78 is 25.6. The quantitative estimate of drug-likeness (QED) is 0.425. The molecule has 0 saturated carbocycles. The highest BCUT2D eigenvalue weighted by Crippen LogP contribution is 2.22. The molecule has 0 bridgehead atoms. The van der Waals surface area contributed by atoms with Gasteiger partial charge in [0, 0.05) is 5.56 Å². The molecule has 0 aromatic heterocycles. The van der Waals surface area contributed by atoms with Gasteiger partial charge in [0.15, 0.2) is 0 Å². The van der Waals surface area contributed by atoms with Gasteiger partial charge in [0.05, 0.1) is 16.9 Å². The van der Waals surface area contributed by atoms with Gasteiger partial charge >= 0.3 is 5.69 Å². The fourth-order valence-corrected chi connectivity index (χ4v) is 1.02. The normalized spacial score (nSPS) is 10.1. The monoisotopic (exact) mass is 207 g/mol. The average Bonchev–Trinajstić information content (AvgIpc) is 2.07. The molecule has 0 spiro atoms. The highest BCUT2D eigenvalue weighted by Gasteiger charge is 2.17. The van der Waals surface area contributed by atoms with E-state index in [9.17, 15) is 18.9 Å². The van der Waals surface area contributed by atoms with Gasteiger partial charge in [-0.05, 0) is 6.07 Å². The molecule has 6 heteroatoms. The molecule has 3 nitrogen and oxygen atoms in total. The Morgan fingerprint density at radius 2 is 2.00 bits per heavy atom. The first-order valence-corrected chi connectivity index (χ1v) is 3.78. The van der Waals surface area contributed by atoms with Crippen molar-refractivity contribution in [2.75, 3.05) is 0 Å². The van der Waals surface area contributed by atoms with E-state index in [1.54, 1.807) is 0 Å². The lowest BCUT2D eigenvalue weighted by molar-refractivity contribution is -0.387. The first-order valence-electron chi connectivity index (χ1n) is 3.24. The molecule has 0 amide bonds. The lowest BCUT2D eigenvalue weighted by atomic mass is 10.2. The number of rotatable bonds is 2. The number of hydrogen-bond acceptors (Lipinski definition) is 2. The predicted octanol–water partition coefficient (Wildman–Crippen LogP) is 2.61. The first kappa shape index (κ1) is 9.85. The molecule has 0 unspecified atom stereocenters. The second-order valence-electron chi connectivity index (χ2n) is 2.29. The number of hydrogen-bond donors (Lipinski definition) is 0. The number of nitro benzene ring substituents is 1. The Morgan fingerprint density at radius 3 is 2.46 bits per heavy atom. The van der Waals surface area contributed by atoms with Gasteiger partial charge in [-0.15, -0.1) is 11.6 Å². The minimum absolute atomic E-state index is 0.0928. The van der Waals surface area contributed by atoms with Gasteiger partial charge in [-0.2, -0.15) is 4.39 Å². The van der Waals surface area contributed by atoms with Crippen LogP contribution in [0.4, 0.5) is 14.5 Å². The summed E-state index contributed by atoms with van der Waals surface area (Å²) in [5.74, 6) is -2.18. The van der Waals surface area contributed by atoms with Gasteiger partial charge in [0.2, 0.25) is 5.82 Å². The van der Waals surface area contributed by atoms with Crippen LogP contribution in [-0.4, -0.2) is 4.92 Å². The molecule has 13 heavy (non-hydrogen) atoms. The van der Waals surface area contributed by atoms with Gasteiger partial charge in [-0.3, -0.25) is 10.1 Å². The van der Waals surface area contributed by atoms with Crippen LogP contribution in [-0.2, 0) is 5.88 Å². The Morgan fingerprint density at radius 1 is 1.38 bits per heavy atom. The van der Waals surface area contributed by atoms with Crippen molar-refractivity contribution < 1.29 is 13.7 Å². The fraction of sp³-hybridized carbons (Fsp3) is 0.143. The minimum atomic E-state index is -1.08. The third-order valence-electron chi connectivity index (χ3n) is 1.46. The molecule has 1 aromatic carbocycles. The largest absolute Gasteiger partial charge is 0.307 e. The Hall–Kier alpha value is -1.23. The molecule has 1 aromatic rings. The molecule has 0 N–H and O–H groups in total. The maximum atomic E-state index is 12.8. The van der Waals surface area contributed by atoms with Crippen LogP contribution in [0.1, 0.15) is 5.56 Å². The molecule has 70 valence electrons. The molecule has 0 aliphatic carbocycles. The first-order chi connectivity index (χ1) is 6.06. The molecule has 0 heterocycles. The van der Waals surface area contributed by atoms with Crippen LogP contribution in [0.3, 0.4) is 0 Å². The van der Waals surface area contributed by atoms with Crippen LogP contribution < -0.4 is 0 Å². The van der Waals surface area contributed by atoms with E-state index >= 15 is 0 Å². The topological polar surface area (TPSA) is 43.1 Å². The highest BCUT2D eigenvalue weighted by atomic mass is 35.5. The molecule has 0 atom stereocenters. The molecular weight excluding hydrogens is 204 g/mol. The van der Waals surface area contributed by atoms with Gasteiger partial charge in [-0.1, -0.05) is 0 Å². The Bertz CT molecular complexity index is 357. The average molecular weight is 208 g/mol. The zero-order chi connectivity index (χ0) is 10.0. The fourth-order valence-electron chi connectivity index (χ4n) is 0.820. The lowest BCUT2D eigenvalue weighted by Crippen LogP contribution is -1.96. The Kier molecular flexibility index (Phi) is 2.77. The summed E-state index contributed by atoms with van der Waals surface area (Å²) in [4.78, 5) is 9.15. The van der Waals surface area contributed by atoms with E-state index in [4.69, 9.17) is 11.6 Å². The number of nitro groups is 1. The minimum Gasteiger partial charge on any atom is -0.258 e. The van der Waals surface area contributed by atoms with E-state index in [2.05, 4.69) is 0 Å². The third-order valence-corrected chi connectivity index (χ3v) is 1.74. The molecule has 0 saturated heterocycles. The van der Waals surface area contributed by atoms with Crippen LogP contribution in [0.25, 0.3) is 0 Å². The molecule has 0 fully saturated rings. The molecule has 0 radical (unpaired) electrons. The molecule has 0 aliphatic rings. The molecule has 1 rings (SSSR count). The van der Waals surface area contributed by atoms with Crippen molar-refractivity contribution in [2.45, 2.75) is 5.88 Å².